The van der Waals surface area contributed by atoms with E-state index in [4.69, 9.17) is 9.68 Å². The first-order chi connectivity index (χ1) is 14.8. The van der Waals surface area contributed by atoms with Gasteiger partial charge in [-0.15, -0.1) is 0 Å². The number of nitrogens with zero attached hydrogens (tertiary/aromatic N) is 4. The molecule has 0 aliphatic rings. The fourth-order valence-corrected chi connectivity index (χ4v) is 2.62. The Morgan fingerprint density at radius 3 is 2.32 bits per heavy atom. The Kier molecular flexibility index (Phi) is 6.65. The Bertz CT molecular complexity index is 1050. The van der Waals surface area contributed by atoms with Crippen molar-refractivity contribution in [3.8, 4) is 11.4 Å². The zero-order chi connectivity index (χ0) is 22.4. The molecule has 0 saturated heterocycles. The molecule has 0 unspecified atom stereocenters. The summed E-state index contributed by atoms with van der Waals surface area (Å²) in [6, 6.07) is 15.0. The van der Waals surface area contributed by atoms with Gasteiger partial charge in [-0.3, -0.25) is 9.63 Å². The van der Waals surface area contributed by atoms with Crippen molar-refractivity contribution in [3.05, 3.63) is 71.6 Å². The van der Waals surface area contributed by atoms with Gasteiger partial charge in [0.1, 0.15) is 7.11 Å². The Morgan fingerprint density at radius 1 is 1.10 bits per heavy atom. The predicted molar refractivity (Wildman–Crippen MR) is 102 cm³/mol. The number of rotatable bonds is 7. The summed E-state index contributed by atoms with van der Waals surface area (Å²) in [6.07, 6.45) is -4.72. The molecule has 0 aliphatic carbocycles. The topological polar surface area (TPSA) is 90.1 Å². The molecule has 0 saturated carbocycles. The van der Waals surface area contributed by atoms with E-state index < -0.39 is 18.0 Å². The van der Waals surface area contributed by atoms with Crippen LogP contribution in [0.3, 0.4) is 0 Å². The van der Waals surface area contributed by atoms with Crippen LogP contribution >= 0.6 is 0 Å². The molecule has 162 valence electrons. The van der Waals surface area contributed by atoms with E-state index in [1.807, 2.05) is 0 Å². The van der Waals surface area contributed by atoms with Crippen LogP contribution in [0.15, 0.2) is 64.3 Å². The van der Waals surface area contributed by atoms with Crippen LogP contribution in [-0.4, -0.2) is 41.0 Å². The number of hydrogen-bond acceptors (Lipinski definition) is 7. The highest BCUT2D eigenvalue weighted by Gasteiger charge is 2.38. The van der Waals surface area contributed by atoms with E-state index in [2.05, 4.69) is 19.8 Å². The van der Waals surface area contributed by atoms with Crippen LogP contribution in [0, 0.1) is 0 Å². The molecule has 2 aromatic carbocycles. The van der Waals surface area contributed by atoms with Gasteiger partial charge in [-0.1, -0.05) is 64.9 Å². The van der Waals surface area contributed by atoms with Crippen molar-refractivity contribution < 1.29 is 32.2 Å². The zero-order valence-corrected chi connectivity index (χ0v) is 16.5. The van der Waals surface area contributed by atoms with Gasteiger partial charge in [0.25, 0.3) is 5.91 Å². The Morgan fingerprint density at radius 2 is 1.77 bits per heavy atom. The van der Waals surface area contributed by atoms with E-state index in [1.54, 1.807) is 42.5 Å². The molecule has 11 heteroatoms. The van der Waals surface area contributed by atoms with Gasteiger partial charge in [0.2, 0.25) is 5.82 Å². The molecule has 1 amide bonds. The number of benzene rings is 2. The quantitative estimate of drug-likeness (QED) is 0.416. The van der Waals surface area contributed by atoms with E-state index >= 15 is 0 Å². The summed E-state index contributed by atoms with van der Waals surface area (Å²) >= 11 is 0. The third-order valence-corrected chi connectivity index (χ3v) is 4.09. The van der Waals surface area contributed by atoms with E-state index in [0.717, 1.165) is 5.06 Å². The van der Waals surface area contributed by atoms with Crippen molar-refractivity contribution >= 4 is 11.6 Å². The summed E-state index contributed by atoms with van der Waals surface area (Å²) in [5.41, 5.74) is 1.56. The fraction of sp³-hybridized carbons (Fsp3) is 0.200. The van der Waals surface area contributed by atoms with Gasteiger partial charge in [-0.2, -0.15) is 18.2 Å². The lowest BCUT2D eigenvalue weighted by atomic mass is 10.1. The van der Waals surface area contributed by atoms with Crippen LogP contribution in [-0.2, 0) is 27.2 Å². The normalized spacial score (nSPS) is 12.0. The number of carbonyl (C=O) groups excluding carboxylic acids is 1. The molecular weight excluding hydrogens is 417 g/mol. The average Bonchev–Trinajstić information content (AvgIpc) is 3.27. The molecule has 1 heterocycles. The molecule has 3 rings (SSSR count). The molecule has 0 aliphatic heterocycles. The second-order valence-electron chi connectivity index (χ2n) is 6.13. The summed E-state index contributed by atoms with van der Waals surface area (Å²) in [7, 11) is 2.66. The third kappa shape index (κ3) is 5.25. The first-order valence-electron chi connectivity index (χ1n) is 8.86. The number of hydroxylamine groups is 2. The van der Waals surface area contributed by atoms with Crippen molar-refractivity contribution in [1.82, 2.24) is 15.2 Å². The lowest BCUT2D eigenvalue weighted by molar-refractivity contribution is -0.171. The monoisotopic (exact) mass is 434 g/mol. The second kappa shape index (κ2) is 9.39. The number of hydrogen-bond donors (Lipinski definition) is 0. The molecule has 8 nitrogen and oxygen atoms in total. The highest BCUT2D eigenvalue weighted by Crippen LogP contribution is 2.29. The fourth-order valence-electron chi connectivity index (χ4n) is 2.62. The maximum Gasteiger partial charge on any atom is 0.471 e. The van der Waals surface area contributed by atoms with Gasteiger partial charge in [-0.25, -0.2) is 5.06 Å². The van der Waals surface area contributed by atoms with E-state index in [9.17, 15) is 18.0 Å². The molecule has 0 bridgehead atoms. The van der Waals surface area contributed by atoms with Crippen LogP contribution < -0.4 is 0 Å². The van der Waals surface area contributed by atoms with Crippen molar-refractivity contribution in [2.45, 2.75) is 12.7 Å². The van der Waals surface area contributed by atoms with Crippen LogP contribution in [0.5, 0.6) is 0 Å². The van der Waals surface area contributed by atoms with Gasteiger partial charge < -0.3 is 9.36 Å². The number of carbonyl (C=O) groups is 1. The summed E-state index contributed by atoms with van der Waals surface area (Å²) in [5, 5.41) is 8.23. The molecule has 0 N–H and O–H groups in total. The average molecular weight is 434 g/mol. The minimum Gasteiger partial charge on any atom is -0.398 e. The van der Waals surface area contributed by atoms with E-state index in [-0.39, 0.29) is 18.1 Å². The summed E-state index contributed by atoms with van der Waals surface area (Å²) in [6.45, 7) is 0.0469. The first kappa shape index (κ1) is 22.0. The lowest BCUT2D eigenvalue weighted by Crippen LogP contribution is -2.36. The Labute approximate surface area is 174 Å². The minimum atomic E-state index is -4.72. The lowest BCUT2D eigenvalue weighted by Gasteiger charge is -2.20. The summed E-state index contributed by atoms with van der Waals surface area (Å²) < 4.78 is 42.1. The van der Waals surface area contributed by atoms with Gasteiger partial charge in [0, 0.05) is 11.1 Å². The number of aromatic nitrogens is 2. The van der Waals surface area contributed by atoms with Gasteiger partial charge in [-0.05, 0) is 5.56 Å². The number of oxime groups is 1. The van der Waals surface area contributed by atoms with E-state index in [1.165, 1.54) is 26.4 Å². The highest BCUT2D eigenvalue weighted by molar-refractivity contribution is 6.44. The molecule has 0 radical (unpaired) electrons. The minimum absolute atomic E-state index is 0.0469. The Hall–Kier alpha value is -3.73. The third-order valence-electron chi connectivity index (χ3n) is 4.09. The van der Waals surface area contributed by atoms with Crippen molar-refractivity contribution in [2.24, 2.45) is 5.16 Å². The summed E-state index contributed by atoms with van der Waals surface area (Å²) in [4.78, 5) is 26.2. The SMILES string of the molecule is CO/N=C(\C(=O)N(Cc1ccc(-c2noc(C(F)(F)F)n2)cc1)OC)c1ccccc1. The van der Waals surface area contributed by atoms with Crippen molar-refractivity contribution in [2.75, 3.05) is 14.2 Å². The predicted octanol–water partition coefficient (Wildman–Crippen LogP) is 3.70. The molecule has 0 atom stereocenters. The molecule has 3 aromatic rings. The largest absolute Gasteiger partial charge is 0.471 e. The summed E-state index contributed by atoms with van der Waals surface area (Å²) in [5.74, 6) is -2.15. The van der Waals surface area contributed by atoms with Crippen molar-refractivity contribution in [3.63, 3.8) is 0 Å². The maximum absolute atomic E-state index is 12.9. The zero-order valence-electron chi connectivity index (χ0n) is 16.5. The van der Waals surface area contributed by atoms with Gasteiger partial charge in [0.15, 0.2) is 5.71 Å². The maximum atomic E-state index is 12.9. The number of amides is 1. The van der Waals surface area contributed by atoms with E-state index in [0.29, 0.717) is 16.7 Å². The second-order valence-corrected chi connectivity index (χ2v) is 6.13. The van der Waals surface area contributed by atoms with Crippen LogP contribution in [0.2, 0.25) is 0 Å². The molecular formula is C20H17F3N4O4. The van der Waals surface area contributed by atoms with Crippen molar-refractivity contribution in [1.29, 1.82) is 0 Å². The van der Waals surface area contributed by atoms with Gasteiger partial charge >= 0.3 is 12.1 Å². The van der Waals surface area contributed by atoms with Crippen LogP contribution in [0.25, 0.3) is 11.4 Å². The van der Waals surface area contributed by atoms with Crippen LogP contribution in [0.1, 0.15) is 17.0 Å². The molecule has 0 spiro atoms. The van der Waals surface area contributed by atoms with Crippen LogP contribution in [0.4, 0.5) is 13.2 Å². The molecule has 1 aromatic heterocycles. The molecule has 31 heavy (non-hydrogen) atoms. The smallest absolute Gasteiger partial charge is 0.398 e. The standard InChI is InChI=1S/C20H17F3N4O4/c1-29-25-16(14-6-4-3-5-7-14)18(28)27(30-2)12-13-8-10-15(11-9-13)17-24-19(31-26-17)20(21,22)23/h3-11H,12H2,1-2H3/b25-16-. The number of halogens is 3. The van der Waals surface area contributed by atoms with Gasteiger partial charge in [0.05, 0.1) is 13.7 Å². The number of alkyl halides is 3. The molecule has 0 fully saturated rings. The Balaban J connectivity index is 1.76. The highest BCUT2D eigenvalue weighted by atomic mass is 19.4. The first-order valence-corrected chi connectivity index (χ1v) is 8.86.